The van der Waals surface area contributed by atoms with Gasteiger partial charge in [-0.3, -0.25) is 4.68 Å². The number of aromatic nitrogens is 5. The van der Waals surface area contributed by atoms with Crippen LogP contribution >= 0.6 is 0 Å². The monoisotopic (exact) mass is 427 g/mol. The number of ether oxygens (including phenoxy) is 1. The van der Waals surface area contributed by atoms with Gasteiger partial charge in [0.05, 0.1) is 31.1 Å². The second-order valence-corrected chi connectivity index (χ2v) is 7.74. The predicted molar refractivity (Wildman–Crippen MR) is 111 cm³/mol. The van der Waals surface area contributed by atoms with Crippen LogP contribution in [0.25, 0.3) is 33.3 Å². The van der Waals surface area contributed by atoms with Crippen molar-refractivity contribution in [3.05, 3.63) is 54.5 Å². The molecule has 0 saturated carbocycles. The maximum absolute atomic E-state index is 14.0. The summed E-state index contributed by atoms with van der Waals surface area (Å²) in [5.41, 5.74) is 1.00. The molecule has 0 atom stereocenters. The second kappa shape index (κ2) is 7.98. The number of hydrogen-bond acceptors (Lipinski definition) is 5. The first-order chi connectivity index (χ1) is 14.7. The van der Waals surface area contributed by atoms with Gasteiger partial charge in [-0.05, 0) is 26.0 Å². The minimum atomic E-state index is -2.72. The third kappa shape index (κ3) is 4.50. The highest BCUT2D eigenvalue weighted by molar-refractivity contribution is 5.88. The summed E-state index contributed by atoms with van der Waals surface area (Å²) in [5.74, 6) is 0.377. The third-order valence-electron chi connectivity index (χ3n) is 4.67. The van der Waals surface area contributed by atoms with Gasteiger partial charge in [-0.2, -0.15) is 5.10 Å². The maximum Gasteiger partial charge on any atom is 0.280 e. The molecular formula is C22H20F3N5O. The Morgan fingerprint density at radius 2 is 1.87 bits per heavy atom. The summed E-state index contributed by atoms with van der Waals surface area (Å²) in [6.45, 7) is 2.99. The lowest BCUT2D eigenvalue weighted by Crippen LogP contribution is -2.21. The Labute approximate surface area is 176 Å². The highest BCUT2D eigenvalue weighted by atomic mass is 19.3. The Kier molecular flexibility index (Phi) is 5.34. The molecule has 0 unspecified atom stereocenters. The second-order valence-electron chi connectivity index (χ2n) is 7.74. The van der Waals surface area contributed by atoms with Gasteiger partial charge in [0.25, 0.3) is 6.43 Å². The molecule has 0 saturated heterocycles. The van der Waals surface area contributed by atoms with E-state index in [1.165, 1.54) is 31.7 Å². The third-order valence-corrected chi connectivity index (χ3v) is 4.67. The summed E-state index contributed by atoms with van der Waals surface area (Å²) in [6, 6.07) is 9.91. The lowest BCUT2D eigenvalue weighted by atomic mass is 10.00. The summed E-state index contributed by atoms with van der Waals surface area (Å²) in [5, 5.41) is 13.1. The van der Waals surface area contributed by atoms with Crippen LogP contribution in [0, 0.1) is 0 Å². The van der Waals surface area contributed by atoms with Gasteiger partial charge in [0, 0.05) is 34.3 Å². The van der Waals surface area contributed by atoms with Gasteiger partial charge in [0.1, 0.15) is 11.4 Å². The van der Waals surface area contributed by atoms with Crippen molar-refractivity contribution in [2.75, 3.05) is 7.11 Å². The number of alkyl halides is 3. The average molecular weight is 427 g/mol. The summed E-state index contributed by atoms with van der Waals surface area (Å²) >= 11 is 0. The van der Waals surface area contributed by atoms with Gasteiger partial charge in [0.2, 0.25) is 5.88 Å². The average Bonchev–Trinajstić information content (AvgIpc) is 3.18. The van der Waals surface area contributed by atoms with Crippen molar-refractivity contribution in [3.8, 4) is 28.3 Å². The number of rotatable bonds is 6. The minimum Gasteiger partial charge on any atom is -0.480 e. The number of nitrogens with zero attached hydrogens (tertiary/aromatic N) is 5. The molecule has 0 aliphatic carbocycles. The van der Waals surface area contributed by atoms with Crippen LogP contribution in [0.15, 0.2) is 48.8 Å². The van der Waals surface area contributed by atoms with E-state index in [4.69, 9.17) is 4.74 Å². The Morgan fingerprint density at radius 3 is 2.58 bits per heavy atom. The fourth-order valence-corrected chi connectivity index (χ4v) is 3.29. The molecule has 0 fully saturated rings. The van der Waals surface area contributed by atoms with Crippen molar-refractivity contribution in [2.45, 2.75) is 32.5 Å². The molecule has 0 N–H and O–H groups in total. The molecule has 0 spiro atoms. The van der Waals surface area contributed by atoms with Gasteiger partial charge >= 0.3 is 0 Å². The van der Waals surface area contributed by atoms with Gasteiger partial charge in [-0.15, -0.1) is 10.2 Å². The van der Waals surface area contributed by atoms with E-state index < -0.39 is 12.1 Å². The molecule has 4 rings (SSSR count). The molecule has 160 valence electrons. The summed E-state index contributed by atoms with van der Waals surface area (Å²) in [7, 11) is 1.50. The first-order valence-electron chi connectivity index (χ1n) is 9.56. The highest BCUT2D eigenvalue weighted by Crippen LogP contribution is 2.34. The van der Waals surface area contributed by atoms with Crippen molar-refractivity contribution < 1.29 is 17.9 Å². The molecule has 0 radical (unpaired) electrons. The van der Waals surface area contributed by atoms with Gasteiger partial charge in [-0.1, -0.05) is 18.2 Å². The molecule has 31 heavy (non-hydrogen) atoms. The van der Waals surface area contributed by atoms with Crippen molar-refractivity contribution in [1.82, 2.24) is 25.0 Å². The van der Waals surface area contributed by atoms with Crippen LogP contribution in [0.5, 0.6) is 5.88 Å². The Morgan fingerprint density at radius 1 is 1.06 bits per heavy atom. The number of hydrogen-bond donors (Lipinski definition) is 0. The van der Waals surface area contributed by atoms with Crippen molar-refractivity contribution in [3.63, 3.8) is 0 Å². The zero-order valence-electron chi connectivity index (χ0n) is 17.2. The lowest BCUT2D eigenvalue weighted by Gasteiger charge is -2.13. The van der Waals surface area contributed by atoms with E-state index in [-0.39, 0.29) is 12.2 Å². The van der Waals surface area contributed by atoms with Crippen LogP contribution in [-0.2, 0) is 6.54 Å². The predicted octanol–water partition coefficient (Wildman–Crippen LogP) is 5.25. The molecular weight excluding hydrogens is 407 g/mol. The van der Waals surface area contributed by atoms with Gasteiger partial charge in [-0.25, -0.2) is 18.2 Å². The molecule has 0 aliphatic rings. The molecule has 0 aliphatic heterocycles. The molecule has 3 aromatic heterocycles. The fourth-order valence-electron chi connectivity index (χ4n) is 3.29. The van der Waals surface area contributed by atoms with Crippen LogP contribution in [0.1, 0.15) is 26.0 Å². The number of methoxy groups -OCH3 is 1. The smallest absolute Gasteiger partial charge is 0.280 e. The zero-order valence-corrected chi connectivity index (χ0v) is 17.2. The Hall–Kier alpha value is -3.49. The van der Waals surface area contributed by atoms with E-state index in [0.717, 1.165) is 5.39 Å². The number of halogens is 3. The van der Waals surface area contributed by atoms with Crippen LogP contribution in [0.3, 0.4) is 0 Å². The lowest BCUT2D eigenvalue weighted by molar-refractivity contribution is 0.146. The maximum atomic E-state index is 14.0. The van der Waals surface area contributed by atoms with E-state index >= 15 is 0 Å². The van der Waals surface area contributed by atoms with Crippen LogP contribution in [-0.4, -0.2) is 37.7 Å². The van der Waals surface area contributed by atoms with Crippen molar-refractivity contribution in [1.29, 1.82) is 0 Å². The van der Waals surface area contributed by atoms with E-state index in [1.54, 1.807) is 42.7 Å². The van der Waals surface area contributed by atoms with Crippen LogP contribution in [0.2, 0.25) is 0 Å². The molecule has 1 aromatic carbocycles. The zero-order chi connectivity index (χ0) is 22.2. The van der Waals surface area contributed by atoms with Gasteiger partial charge < -0.3 is 4.74 Å². The fraction of sp³-hybridized carbons (Fsp3) is 0.273. The van der Waals surface area contributed by atoms with Crippen LogP contribution in [0.4, 0.5) is 13.2 Å². The standard InChI is InChI=1S/C22H20F3N5O/c1-22(2,25)12-30-11-15(10-26-30)16-6-7-17(21(23)24)27-20(16)14-5-4-13-9-19(31-3)29-28-18(13)8-14/h4-11,21H,12H2,1-3H3. The van der Waals surface area contributed by atoms with E-state index in [1.807, 2.05) is 0 Å². The largest absolute Gasteiger partial charge is 0.480 e. The molecule has 9 heteroatoms. The number of fused-ring (bicyclic) bond motifs is 1. The van der Waals surface area contributed by atoms with Gasteiger partial charge in [0.15, 0.2) is 0 Å². The molecule has 4 aromatic rings. The number of pyridine rings is 1. The van der Waals surface area contributed by atoms with Crippen molar-refractivity contribution >= 4 is 10.9 Å². The molecule has 0 bridgehead atoms. The van der Waals surface area contributed by atoms with E-state index in [9.17, 15) is 13.2 Å². The number of benzene rings is 1. The Balaban J connectivity index is 1.82. The minimum absolute atomic E-state index is 0.0677. The first-order valence-corrected chi connectivity index (χ1v) is 9.56. The molecule has 6 nitrogen and oxygen atoms in total. The summed E-state index contributed by atoms with van der Waals surface area (Å²) in [6.07, 6.45) is 0.530. The van der Waals surface area contributed by atoms with E-state index in [2.05, 4.69) is 20.3 Å². The summed E-state index contributed by atoms with van der Waals surface area (Å²) in [4.78, 5) is 4.21. The first kappa shape index (κ1) is 20.8. The molecule has 3 heterocycles. The van der Waals surface area contributed by atoms with Crippen LogP contribution < -0.4 is 4.74 Å². The summed E-state index contributed by atoms with van der Waals surface area (Å²) < 4.78 is 47.3. The highest BCUT2D eigenvalue weighted by Gasteiger charge is 2.20. The topological polar surface area (TPSA) is 65.7 Å². The van der Waals surface area contributed by atoms with E-state index in [0.29, 0.717) is 33.8 Å². The Bertz CT molecular complexity index is 1230. The molecule has 0 amide bonds. The normalized spacial score (nSPS) is 12.0. The van der Waals surface area contributed by atoms with Crippen molar-refractivity contribution in [2.24, 2.45) is 0 Å². The SMILES string of the molecule is COc1cc2ccc(-c3nc(C(F)F)ccc3-c3cnn(CC(C)(C)F)c3)cc2nn1. The quantitative estimate of drug-likeness (QED) is 0.421.